The number of hydrogen-bond donors (Lipinski definition) is 1. The van der Waals surface area contributed by atoms with Crippen molar-refractivity contribution < 1.29 is 8.94 Å². The fraction of sp³-hybridized carbons (Fsp3) is 0.143. The van der Waals surface area contributed by atoms with Gasteiger partial charge in [-0.15, -0.1) is 0 Å². The van der Waals surface area contributed by atoms with Crippen LogP contribution in [0, 0.1) is 0 Å². The first-order valence-electron chi connectivity index (χ1n) is 6.02. The van der Waals surface area contributed by atoms with Gasteiger partial charge in [-0.3, -0.25) is 0 Å². The lowest BCUT2D eigenvalue weighted by molar-refractivity contribution is 0.374. The van der Waals surface area contributed by atoms with E-state index in [4.69, 9.17) is 14.7 Å². The maximum Gasteiger partial charge on any atom is 0.227 e. The quantitative estimate of drug-likeness (QED) is 0.725. The summed E-state index contributed by atoms with van der Waals surface area (Å²) < 4.78 is 10.5. The Labute approximate surface area is 110 Å². The number of furan rings is 1. The van der Waals surface area contributed by atoms with Gasteiger partial charge in [-0.05, 0) is 36.4 Å². The molecule has 2 aromatic heterocycles. The summed E-state index contributed by atoms with van der Waals surface area (Å²) >= 11 is 0. The topological polar surface area (TPSA) is 78.1 Å². The van der Waals surface area contributed by atoms with Gasteiger partial charge in [0.05, 0.1) is 6.26 Å². The van der Waals surface area contributed by atoms with Gasteiger partial charge in [0.15, 0.2) is 0 Å². The molecule has 0 aliphatic heterocycles. The molecule has 1 aromatic carbocycles. The van der Waals surface area contributed by atoms with Crippen molar-refractivity contribution in [1.29, 1.82) is 0 Å². The largest absolute Gasteiger partial charge is 0.469 e. The van der Waals surface area contributed by atoms with E-state index in [9.17, 15) is 0 Å². The molecule has 0 bridgehead atoms. The van der Waals surface area contributed by atoms with Crippen molar-refractivity contribution in [3.8, 4) is 11.4 Å². The van der Waals surface area contributed by atoms with Crippen molar-refractivity contribution in [2.45, 2.75) is 12.8 Å². The van der Waals surface area contributed by atoms with Crippen LogP contribution in [0.3, 0.4) is 0 Å². The number of nitrogens with zero attached hydrogens (tertiary/aromatic N) is 2. The second kappa shape index (κ2) is 4.97. The maximum atomic E-state index is 5.64. The van der Waals surface area contributed by atoms with Crippen molar-refractivity contribution >= 4 is 5.69 Å². The van der Waals surface area contributed by atoms with Crippen LogP contribution in [0.5, 0.6) is 0 Å². The molecule has 3 aromatic rings. The van der Waals surface area contributed by atoms with Crippen LogP contribution in [0.15, 0.2) is 51.6 Å². The highest BCUT2D eigenvalue weighted by molar-refractivity contribution is 5.57. The number of rotatable bonds is 4. The average molecular weight is 255 g/mol. The van der Waals surface area contributed by atoms with E-state index in [2.05, 4.69) is 10.1 Å². The van der Waals surface area contributed by atoms with Gasteiger partial charge in [0, 0.05) is 24.1 Å². The Morgan fingerprint density at radius 2 is 1.89 bits per heavy atom. The van der Waals surface area contributed by atoms with Crippen molar-refractivity contribution in [2.24, 2.45) is 0 Å². The lowest BCUT2D eigenvalue weighted by Crippen LogP contribution is -1.90. The van der Waals surface area contributed by atoms with E-state index < -0.39 is 0 Å². The van der Waals surface area contributed by atoms with Crippen LogP contribution >= 0.6 is 0 Å². The van der Waals surface area contributed by atoms with Crippen LogP contribution in [0.2, 0.25) is 0 Å². The molecule has 0 saturated carbocycles. The lowest BCUT2D eigenvalue weighted by atomic mass is 10.2. The molecule has 5 heteroatoms. The molecule has 0 aliphatic carbocycles. The normalized spacial score (nSPS) is 10.7. The Kier molecular flexibility index (Phi) is 3.02. The molecule has 0 unspecified atom stereocenters. The average Bonchev–Trinajstić information content (AvgIpc) is 3.09. The second-order valence-corrected chi connectivity index (χ2v) is 4.21. The predicted octanol–water partition coefficient (Wildman–Crippen LogP) is 2.70. The standard InChI is InChI=1S/C14H13N3O2/c15-11-5-3-10(4-6-11)14-16-13(19-17-14)8-7-12-2-1-9-18-12/h1-6,9H,7-8,15H2. The fourth-order valence-electron chi connectivity index (χ4n) is 1.79. The molecule has 0 atom stereocenters. The van der Waals surface area contributed by atoms with Crippen molar-refractivity contribution in [3.05, 3.63) is 54.3 Å². The van der Waals surface area contributed by atoms with Crippen molar-refractivity contribution in [3.63, 3.8) is 0 Å². The molecule has 19 heavy (non-hydrogen) atoms. The summed E-state index contributed by atoms with van der Waals surface area (Å²) in [6.45, 7) is 0. The Balaban J connectivity index is 1.70. The van der Waals surface area contributed by atoms with Gasteiger partial charge >= 0.3 is 0 Å². The zero-order valence-electron chi connectivity index (χ0n) is 10.2. The van der Waals surface area contributed by atoms with Crippen LogP contribution in [-0.4, -0.2) is 10.1 Å². The molecule has 5 nitrogen and oxygen atoms in total. The van der Waals surface area contributed by atoms with Crippen LogP contribution < -0.4 is 5.73 Å². The highest BCUT2D eigenvalue weighted by atomic mass is 16.5. The summed E-state index contributed by atoms with van der Waals surface area (Å²) in [5.74, 6) is 2.09. The summed E-state index contributed by atoms with van der Waals surface area (Å²) in [6, 6.07) is 11.2. The minimum atomic E-state index is 0.578. The number of nitrogen functional groups attached to an aromatic ring is 1. The Bertz CT molecular complexity index is 642. The van der Waals surface area contributed by atoms with E-state index in [0.29, 0.717) is 23.8 Å². The number of anilines is 1. The third-order valence-electron chi connectivity index (χ3n) is 2.80. The van der Waals surface area contributed by atoms with E-state index in [1.807, 2.05) is 36.4 Å². The van der Waals surface area contributed by atoms with E-state index in [1.54, 1.807) is 6.26 Å². The lowest BCUT2D eigenvalue weighted by Gasteiger charge is -1.94. The number of aryl methyl sites for hydroxylation is 2. The van der Waals surface area contributed by atoms with Crippen LogP contribution in [-0.2, 0) is 12.8 Å². The summed E-state index contributed by atoms with van der Waals surface area (Å²) in [5.41, 5.74) is 7.24. The number of benzene rings is 1. The fourth-order valence-corrected chi connectivity index (χ4v) is 1.79. The van der Waals surface area contributed by atoms with E-state index in [1.165, 1.54) is 0 Å². The monoisotopic (exact) mass is 255 g/mol. The Morgan fingerprint density at radius 1 is 1.05 bits per heavy atom. The number of nitrogens with two attached hydrogens (primary N) is 1. The molecule has 0 amide bonds. The van der Waals surface area contributed by atoms with Gasteiger partial charge in [0.2, 0.25) is 11.7 Å². The smallest absolute Gasteiger partial charge is 0.227 e. The van der Waals surface area contributed by atoms with Gasteiger partial charge in [0.1, 0.15) is 5.76 Å². The van der Waals surface area contributed by atoms with E-state index >= 15 is 0 Å². The first kappa shape index (κ1) is 11.5. The summed E-state index contributed by atoms with van der Waals surface area (Å²) in [7, 11) is 0. The van der Waals surface area contributed by atoms with Gasteiger partial charge in [-0.25, -0.2) is 0 Å². The molecule has 0 saturated heterocycles. The third-order valence-corrected chi connectivity index (χ3v) is 2.80. The first-order chi connectivity index (χ1) is 9.31. The molecular weight excluding hydrogens is 242 g/mol. The third kappa shape index (κ3) is 2.65. The van der Waals surface area contributed by atoms with E-state index in [0.717, 1.165) is 17.7 Å². The Morgan fingerprint density at radius 3 is 2.63 bits per heavy atom. The SMILES string of the molecule is Nc1ccc(-c2noc(CCc3ccco3)n2)cc1. The zero-order chi connectivity index (χ0) is 13.1. The molecule has 0 spiro atoms. The molecule has 0 aliphatic rings. The highest BCUT2D eigenvalue weighted by Crippen LogP contribution is 2.17. The van der Waals surface area contributed by atoms with Gasteiger partial charge in [0.25, 0.3) is 0 Å². The molecule has 0 radical (unpaired) electrons. The molecule has 3 rings (SSSR count). The zero-order valence-corrected chi connectivity index (χ0v) is 10.2. The molecular formula is C14H13N3O2. The van der Waals surface area contributed by atoms with Crippen LogP contribution in [0.25, 0.3) is 11.4 Å². The first-order valence-corrected chi connectivity index (χ1v) is 6.02. The minimum absolute atomic E-state index is 0.578. The molecule has 96 valence electrons. The van der Waals surface area contributed by atoms with Crippen LogP contribution in [0.4, 0.5) is 5.69 Å². The van der Waals surface area contributed by atoms with Crippen molar-refractivity contribution in [1.82, 2.24) is 10.1 Å². The maximum absolute atomic E-state index is 5.64. The van der Waals surface area contributed by atoms with E-state index in [-0.39, 0.29) is 0 Å². The van der Waals surface area contributed by atoms with Crippen molar-refractivity contribution in [2.75, 3.05) is 5.73 Å². The molecule has 2 N–H and O–H groups in total. The predicted molar refractivity (Wildman–Crippen MR) is 70.3 cm³/mol. The Hall–Kier alpha value is -2.56. The summed E-state index contributed by atoms with van der Waals surface area (Å²) in [4.78, 5) is 4.35. The van der Waals surface area contributed by atoms with Crippen LogP contribution in [0.1, 0.15) is 11.7 Å². The molecule has 2 heterocycles. The second-order valence-electron chi connectivity index (χ2n) is 4.21. The van der Waals surface area contributed by atoms with Gasteiger partial charge in [-0.2, -0.15) is 4.98 Å². The van der Waals surface area contributed by atoms with Gasteiger partial charge in [-0.1, -0.05) is 5.16 Å². The minimum Gasteiger partial charge on any atom is -0.469 e. The number of hydrogen-bond acceptors (Lipinski definition) is 5. The highest BCUT2D eigenvalue weighted by Gasteiger charge is 2.09. The van der Waals surface area contributed by atoms with Gasteiger partial charge < -0.3 is 14.7 Å². The molecule has 0 fully saturated rings. The summed E-state index contributed by atoms with van der Waals surface area (Å²) in [6.07, 6.45) is 3.06. The summed E-state index contributed by atoms with van der Waals surface area (Å²) in [5, 5.41) is 3.96. The number of aromatic nitrogens is 2.